The number of nitroso groups, excluding NO2 is 1. The zero-order valence-electron chi connectivity index (χ0n) is 8.87. The Bertz CT molecular complexity index is 357. The molecule has 2 heteroatoms. The van der Waals surface area contributed by atoms with Gasteiger partial charge in [0.15, 0.2) is 0 Å². The van der Waals surface area contributed by atoms with Gasteiger partial charge in [-0.1, -0.05) is 35.1 Å². The lowest BCUT2D eigenvalue weighted by molar-refractivity contribution is 1.12. The van der Waals surface area contributed by atoms with Gasteiger partial charge in [-0.2, -0.15) is 4.91 Å². The average Bonchev–Trinajstić information content (AvgIpc) is 2.14. The molecule has 0 aromatic carbocycles. The maximum Gasteiger partial charge on any atom is 0.106 e. The van der Waals surface area contributed by atoms with Crippen molar-refractivity contribution in [2.45, 2.75) is 20.8 Å². The van der Waals surface area contributed by atoms with Crippen molar-refractivity contribution >= 4 is 0 Å². The predicted octanol–water partition coefficient (Wildman–Crippen LogP) is 3.53. The van der Waals surface area contributed by atoms with Crippen molar-refractivity contribution in [3.63, 3.8) is 0 Å². The third-order valence-electron chi connectivity index (χ3n) is 2.41. The first-order valence-corrected chi connectivity index (χ1v) is 4.67. The van der Waals surface area contributed by atoms with Crippen LogP contribution in [0.1, 0.15) is 20.8 Å². The van der Waals surface area contributed by atoms with Crippen LogP contribution >= 0.6 is 0 Å². The number of rotatable bonds is 2. The third kappa shape index (κ3) is 2.52. The lowest BCUT2D eigenvalue weighted by Gasteiger charge is -2.08. The molecule has 0 bridgehead atoms. The fourth-order valence-electron chi connectivity index (χ4n) is 1.43. The van der Waals surface area contributed by atoms with Crippen LogP contribution in [0.5, 0.6) is 0 Å². The molecule has 0 atom stereocenters. The molecule has 0 saturated heterocycles. The number of hydrogen-bond acceptors (Lipinski definition) is 2. The quantitative estimate of drug-likeness (QED) is 0.611. The maximum absolute atomic E-state index is 10.2. The summed E-state index contributed by atoms with van der Waals surface area (Å²) in [4.78, 5) is 10.2. The number of allylic oxidation sites excluding steroid dienone is 6. The van der Waals surface area contributed by atoms with Crippen molar-refractivity contribution in [3.8, 4) is 0 Å². The fraction of sp³-hybridized carbons (Fsp3) is 0.333. The van der Waals surface area contributed by atoms with Crippen LogP contribution in [-0.2, 0) is 0 Å². The molecule has 0 aromatic rings. The molecule has 1 aliphatic carbocycles. The second-order valence-electron chi connectivity index (χ2n) is 3.53. The van der Waals surface area contributed by atoms with E-state index in [0.717, 1.165) is 11.1 Å². The molecule has 14 heavy (non-hydrogen) atoms. The molecule has 0 heterocycles. The highest BCUT2D eigenvalue weighted by Crippen LogP contribution is 2.19. The first-order valence-electron chi connectivity index (χ1n) is 4.67. The molecule has 0 amide bonds. The highest BCUT2D eigenvalue weighted by molar-refractivity contribution is 5.45. The maximum atomic E-state index is 10.2. The van der Waals surface area contributed by atoms with Gasteiger partial charge in [0.2, 0.25) is 0 Å². The van der Waals surface area contributed by atoms with Crippen LogP contribution in [0.15, 0.2) is 51.8 Å². The highest BCUT2D eigenvalue weighted by Gasteiger charge is 2.03. The summed E-state index contributed by atoms with van der Waals surface area (Å²) >= 11 is 0. The number of hydrogen-bond donors (Lipinski definition) is 0. The average molecular weight is 189 g/mol. The van der Waals surface area contributed by atoms with E-state index in [1.807, 2.05) is 25.2 Å². The van der Waals surface area contributed by atoms with Crippen molar-refractivity contribution < 1.29 is 0 Å². The molecule has 0 aliphatic heterocycles. The summed E-state index contributed by atoms with van der Waals surface area (Å²) in [5, 5.41) is 2.93. The molecule has 1 aliphatic rings. The summed E-state index contributed by atoms with van der Waals surface area (Å²) in [6, 6.07) is 0. The predicted molar refractivity (Wildman–Crippen MR) is 60.0 cm³/mol. The highest BCUT2D eigenvalue weighted by atomic mass is 16.3. The lowest BCUT2D eigenvalue weighted by atomic mass is 9.98. The van der Waals surface area contributed by atoms with Gasteiger partial charge in [-0.15, -0.1) is 0 Å². The Labute approximate surface area is 84.7 Å². The van der Waals surface area contributed by atoms with Gasteiger partial charge >= 0.3 is 0 Å². The summed E-state index contributed by atoms with van der Waals surface area (Å²) < 4.78 is 0. The van der Waals surface area contributed by atoms with Crippen molar-refractivity contribution in [2.24, 2.45) is 5.18 Å². The van der Waals surface area contributed by atoms with Crippen LogP contribution in [0.3, 0.4) is 0 Å². The molecule has 0 saturated carbocycles. The van der Waals surface area contributed by atoms with E-state index in [4.69, 9.17) is 0 Å². The minimum Gasteiger partial charge on any atom is -0.150 e. The van der Waals surface area contributed by atoms with E-state index < -0.39 is 0 Å². The Morgan fingerprint density at radius 2 is 2.00 bits per heavy atom. The second kappa shape index (κ2) is 4.70. The summed E-state index contributed by atoms with van der Waals surface area (Å²) in [5.41, 5.74) is 4.56. The summed E-state index contributed by atoms with van der Waals surface area (Å²) in [6.45, 7) is 6.39. The zero-order chi connectivity index (χ0) is 10.6. The molecule has 0 radical (unpaired) electrons. The topological polar surface area (TPSA) is 29.4 Å². The molecule has 0 N–H and O–H groups in total. The first kappa shape index (κ1) is 10.6. The van der Waals surface area contributed by atoms with Gasteiger partial charge in [-0.3, -0.25) is 0 Å². The Hall–Kier alpha value is -1.44. The van der Waals surface area contributed by atoms with Gasteiger partial charge in [0.05, 0.1) is 0 Å². The normalized spacial score (nSPS) is 31.9. The van der Waals surface area contributed by atoms with Crippen LogP contribution in [0.2, 0.25) is 0 Å². The van der Waals surface area contributed by atoms with Gasteiger partial charge in [0.25, 0.3) is 0 Å². The van der Waals surface area contributed by atoms with Gasteiger partial charge in [0, 0.05) is 0 Å². The second-order valence-corrected chi connectivity index (χ2v) is 3.53. The monoisotopic (exact) mass is 189 g/mol. The summed E-state index contributed by atoms with van der Waals surface area (Å²) in [5.74, 6) is 0. The molecule has 74 valence electrons. The minimum absolute atomic E-state index is 0.250. The van der Waals surface area contributed by atoms with Gasteiger partial charge in [-0.25, -0.2) is 0 Å². The Morgan fingerprint density at radius 3 is 2.64 bits per heavy atom. The summed E-state index contributed by atoms with van der Waals surface area (Å²) in [6.07, 6.45) is 8.06. The molecule has 2 nitrogen and oxygen atoms in total. The number of nitrogens with zero attached hydrogens (tertiary/aromatic N) is 1. The van der Waals surface area contributed by atoms with Crippen molar-refractivity contribution in [2.75, 3.05) is 6.54 Å². The largest absolute Gasteiger partial charge is 0.150 e. The van der Waals surface area contributed by atoms with E-state index in [-0.39, 0.29) is 6.54 Å². The first-order chi connectivity index (χ1) is 6.65. The van der Waals surface area contributed by atoms with E-state index in [2.05, 4.69) is 25.1 Å². The third-order valence-corrected chi connectivity index (χ3v) is 2.41. The zero-order valence-corrected chi connectivity index (χ0v) is 8.87. The molecule has 0 fully saturated rings. The van der Waals surface area contributed by atoms with Crippen LogP contribution in [0.25, 0.3) is 0 Å². The van der Waals surface area contributed by atoms with E-state index >= 15 is 0 Å². The standard InChI is InChI=1S/C12H15NO/c1-9-5-4-6-12(8-13-14)11(3)10(2)7-9/h4-7H,8H2,1-3H3/b5-4?,6-4+,9-5-,9-7?,10-7-,11-10?,12-6?,12-11-. The molecule has 0 spiro atoms. The molecule has 0 aromatic heterocycles. The van der Waals surface area contributed by atoms with Gasteiger partial charge in [-0.05, 0) is 37.5 Å². The molecule has 1 rings (SSSR count). The fourth-order valence-corrected chi connectivity index (χ4v) is 1.43. The van der Waals surface area contributed by atoms with E-state index in [1.165, 1.54) is 11.1 Å². The summed E-state index contributed by atoms with van der Waals surface area (Å²) in [7, 11) is 0. The van der Waals surface area contributed by atoms with Crippen LogP contribution in [0.4, 0.5) is 0 Å². The van der Waals surface area contributed by atoms with Gasteiger partial charge in [0.1, 0.15) is 6.54 Å². The van der Waals surface area contributed by atoms with Crippen molar-refractivity contribution in [1.82, 2.24) is 0 Å². The Balaban J connectivity index is 3.11. The van der Waals surface area contributed by atoms with E-state index in [1.54, 1.807) is 0 Å². The van der Waals surface area contributed by atoms with Crippen LogP contribution < -0.4 is 0 Å². The van der Waals surface area contributed by atoms with E-state index in [0.29, 0.717) is 0 Å². The van der Waals surface area contributed by atoms with Crippen molar-refractivity contribution in [1.29, 1.82) is 0 Å². The molecular formula is C12H15NO. The van der Waals surface area contributed by atoms with Gasteiger partial charge < -0.3 is 0 Å². The van der Waals surface area contributed by atoms with Crippen LogP contribution in [-0.4, -0.2) is 6.54 Å². The molecule has 0 unspecified atom stereocenters. The van der Waals surface area contributed by atoms with Crippen LogP contribution in [0, 0.1) is 4.91 Å². The smallest absolute Gasteiger partial charge is 0.106 e. The van der Waals surface area contributed by atoms with Crippen molar-refractivity contribution in [3.05, 3.63) is 51.5 Å². The SMILES string of the molecule is CC1=C/C=C/C(CN=O)=C(C)/C(C)=C\1. The van der Waals surface area contributed by atoms with E-state index in [9.17, 15) is 4.91 Å². The lowest BCUT2D eigenvalue weighted by Crippen LogP contribution is -1.93. The molecular weight excluding hydrogens is 174 g/mol. The minimum atomic E-state index is 0.250. The Kier molecular flexibility index (Phi) is 3.57. The Morgan fingerprint density at radius 1 is 1.29 bits per heavy atom.